The number of hydrogen-bond donors (Lipinski definition) is 1. The van der Waals surface area contributed by atoms with Crippen LogP contribution < -0.4 is 5.73 Å². The molecule has 1 aromatic carbocycles. The molecule has 98 valence electrons. The summed E-state index contributed by atoms with van der Waals surface area (Å²) in [7, 11) is 0. The molecule has 0 amide bonds. The zero-order valence-electron chi connectivity index (χ0n) is 11.2. The van der Waals surface area contributed by atoms with E-state index in [1.807, 2.05) is 35.0 Å². The van der Waals surface area contributed by atoms with Crippen LogP contribution in [0.5, 0.6) is 0 Å². The number of nitrogens with zero attached hydrogens (tertiary/aromatic N) is 2. The Morgan fingerprint density at radius 3 is 2.26 bits per heavy atom. The van der Waals surface area contributed by atoms with Gasteiger partial charge in [-0.2, -0.15) is 5.26 Å². The van der Waals surface area contributed by atoms with Crippen molar-refractivity contribution in [3.63, 3.8) is 0 Å². The summed E-state index contributed by atoms with van der Waals surface area (Å²) in [5.41, 5.74) is 8.43. The van der Waals surface area contributed by atoms with E-state index in [4.69, 9.17) is 5.73 Å². The molecule has 0 spiro atoms. The Bertz CT molecular complexity index is 640. The SMILES string of the molecule is CC(C)(C)n1cc(-c2ccc(I)cc2)c(C#N)c1N. The van der Waals surface area contributed by atoms with Crippen LogP contribution in [-0.2, 0) is 5.54 Å². The van der Waals surface area contributed by atoms with Gasteiger partial charge in [0.25, 0.3) is 0 Å². The van der Waals surface area contributed by atoms with Gasteiger partial charge in [0.15, 0.2) is 0 Å². The van der Waals surface area contributed by atoms with Crippen molar-refractivity contribution in [1.29, 1.82) is 5.26 Å². The van der Waals surface area contributed by atoms with Gasteiger partial charge < -0.3 is 10.3 Å². The molecule has 4 heteroatoms. The van der Waals surface area contributed by atoms with Crippen LogP contribution >= 0.6 is 22.6 Å². The van der Waals surface area contributed by atoms with Crippen molar-refractivity contribution in [1.82, 2.24) is 4.57 Å². The molecule has 2 N–H and O–H groups in total. The number of aromatic nitrogens is 1. The molecule has 1 heterocycles. The molecule has 0 radical (unpaired) electrons. The maximum Gasteiger partial charge on any atom is 0.122 e. The summed E-state index contributed by atoms with van der Waals surface area (Å²) in [5, 5.41) is 9.35. The van der Waals surface area contributed by atoms with Crippen LogP contribution in [0.2, 0.25) is 0 Å². The van der Waals surface area contributed by atoms with Crippen molar-refractivity contribution in [2.75, 3.05) is 5.73 Å². The van der Waals surface area contributed by atoms with Crippen LogP contribution in [0.15, 0.2) is 30.5 Å². The van der Waals surface area contributed by atoms with Gasteiger partial charge in [0.05, 0.1) is 0 Å². The number of nitrogen functional groups attached to an aromatic ring is 1. The summed E-state index contributed by atoms with van der Waals surface area (Å²) in [4.78, 5) is 0. The topological polar surface area (TPSA) is 54.7 Å². The predicted octanol–water partition coefficient (Wildman–Crippen LogP) is 3.97. The second-order valence-corrected chi connectivity index (χ2v) is 6.71. The van der Waals surface area contributed by atoms with E-state index in [2.05, 4.69) is 49.4 Å². The average molecular weight is 365 g/mol. The number of nitriles is 1. The van der Waals surface area contributed by atoms with Crippen molar-refractivity contribution < 1.29 is 0 Å². The summed E-state index contributed by atoms with van der Waals surface area (Å²) in [6, 6.07) is 10.3. The lowest BCUT2D eigenvalue weighted by atomic mass is 10.1. The fourth-order valence-electron chi connectivity index (χ4n) is 2.04. The molecule has 0 aliphatic carbocycles. The first kappa shape index (κ1) is 13.9. The number of anilines is 1. The second-order valence-electron chi connectivity index (χ2n) is 5.46. The monoisotopic (exact) mass is 365 g/mol. The van der Waals surface area contributed by atoms with Crippen LogP contribution in [0.3, 0.4) is 0 Å². The van der Waals surface area contributed by atoms with Gasteiger partial charge in [-0.3, -0.25) is 0 Å². The number of hydrogen-bond acceptors (Lipinski definition) is 2. The molecular formula is C15H16IN3. The molecule has 19 heavy (non-hydrogen) atoms. The van der Waals surface area contributed by atoms with Gasteiger partial charge in [-0.25, -0.2) is 0 Å². The molecule has 0 fully saturated rings. The van der Waals surface area contributed by atoms with E-state index in [0.29, 0.717) is 11.4 Å². The normalized spacial score (nSPS) is 11.3. The van der Waals surface area contributed by atoms with Crippen molar-refractivity contribution in [3.05, 3.63) is 39.6 Å². The lowest BCUT2D eigenvalue weighted by Crippen LogP contribution is -2.22. The van der Waals surface area contributed by atoms with Gasteiger partial charge in [0.1, 0.15) is 17.5 Å². The average Bonchev–Trinajstić information content (AvgIpc) is 2.67. The Morgan fingerprint density at radius 1 is 1.21 bits per heavy atom. The van der Waals surface area contributed by atoms with E-state index in [0.717, 1.165) is 11.1 Å². The number of rotatable bonds is 1. The van der Waals surface area contributed by atoms with Crippen LogP contribution in [0.25, 0.3) is 11.1 Å². The molecule has 0 aliphatic heterocycles. The van der Waals surface area contributed by atoms with Gasteiger partial charge >= 0.3 is 0 Å². The van der Waals surface area contributed by atoms with Gasteiger partial charge in [0.2, 0.25) is 0 Å². The number of nitrogens with two attached hydrogens (primary N) is 1. The van der Waals surface area contributed by atoms with Gasteiger partial charge in [-0.05, 0) is 61.1 Å². The molecule has 0 unspecified atom stereocenters. The maximum atomic E-state index is 9.35. The van der Waals surface area contributed by atoms with E-state index in [1.165, 1.54) is 3.57 Å². The summed E-state index contributed by atoms with van der Waals surface area (Å²) in [5.74, 6) is 0.531. The smallest absolute Gasteiger partial charge is 0.122 e. The summed E-state index contributed by atoms with van der Waals surface area (Å²) >= 11 is 2.26. The van der Waals surface area contributed by atoms with Gasteiger partial charge in [-0.15, -0.1) is 0 Å². The summed E-state index contributed by atoms with van der Waals surface area (Å²) < 4.78 is 3.13. The Morgan fingerprint density at radius 2 is 1.79 bits per heavy atom. The van der Waals surface area contributed by atoms with Crippen molar-refractivity contribution in [2.45, 2.75) is 26.3 Å². The predicted molar refractivity (Wildman–Crippen MR) is 86.7 cm³/mol. The fourth-order valence-corrected chi connectivity index (χ4v) is 2.40. The van der Waals surface area contributed by atoms with Gasteiger partial charge in [-0.1, -0.05) is 12.1 Å². The van der Waals surface area contributed by atoms with E-state index < -0.39 is 0 Å². The highest BCUT2D eigenvalue weighted by molar-refractivity contribution is 14.1. The molecule has 2 aromatic rings. The molecule has 0 bridgehead atoms. The largest absolute Gasteiger partial charge is 0.384 e. The number of benzene rings is 1. The molecular weight excluding hydrogens is 349 g/mol. The number of halogens is 1. The first-order valence-electron chi connectivity index (χ1n) is 6.02. The van der Waals surface area contributed by atoms with Crippen molar-refractivity contribution in [2.24, 2.45) is 0 Å². The standard InChI is InChI=1S/C15H16IN3/c1-15(2,3)19-9-13(12(8-17)14(19)18)10-4-6-11(16)7-5-10/h4-7,9H,18H2,1-3H3. The van der Waals surface area contributed by atoms with E-state index in [9.17, 15) is 5.26 Å². The van der Waals surface area contributed by atoms with E-state index in [-0.39, 0.29) is 5.54 Å². The van der Waals surface area contributed by atoms with E-state index in [1.54, 1.807) is 0 Å². The van der Waals surface area contributed by atoms with Crippen molar-refractivity contribution in [3.8, 4) is 17.2 Å². The highest BCUT2D eigenvalue weighted by atomic mass is 127. The van der Waals surface area contributed by atoms with E-state index >= 15 is 0 Å². The van der Waals surface area contributed by atoms with Gasteiger partial charge in [0, 0.05) is 20.9 Å². The van der Waals surface area contributed by atoms with Crippen molar-refractivity contribution >= 4 is 28.4 Å². The Labute approximate surface area is 127 Å². The zero-order valence-corrected chi connectivity index (χ0v) is 13.4. The molecule has 2 rings (SSSR count). The highest BCUT2D eigenvalue weighted by Gasteiger charge is 2.21. The second kappa shape index (κ2) is 4.89. The quantitative estimate of drug-likeness (QED) is 0.778. The molecule has 3 nitrogen and oxygen atoms in total. The van der Waals surface area contributed by atoms with Crippen LogP contribution in [0.1, 0.15) is 26.3 Å². The minimum Gasteiger partial charge on any atom is -0.384 e. The van der Waals surface area contributed by atoms with Crippen LogP contribution in [0.4, 0.5) is 5.82 Å². The van der Waals surface area contributed by atoms with Crippen LogP contribution in [-0.4, -0.2) is 4.57 Å². The molecule has 0 saturated carbocycles. The lowest BCUT2D eigenvalue weighted by Gasteiger charge is -2.22. The molecule has 1 aromatic heterocycles. The highest BCUT2D eigenvalue weighted by Crippen LogP contribution is 2.33. The zero-order chi connectivity index (χ0) is 14.2. The van der Waals surface area contributed by atoms with Crippen LogP contribution in [0, 0.1) is 14.9 Å². The molecule has 0 aliphatic rings. The first-order valence-corrected chi connectivity index (χ1v) is 7.10. The third-order valence-corrected chi connectivity index (χ3v) is 3.75. The maximum absolute atomic E-state index is 9.35. The third kappa shape index (κ3) is 2.61. The minimum atomic E-state index is -0.142. The minimum absolute atomic E-state index is 0.142. The first-order chi connectivity index (χ1) is 8.84. The summed E-state index contributed by atoms with van der Waals surface area (Å²) in [6.45, 7) is 6.21. The third-order valence-electron chi connectivity index (χ3n) is 3.03. The summed E-state index contributed by atoms with van der Waals surface area (Å²) in [6.07, 6.45) is 1.97. The lowest BCUT2D eigenvalue weighted by molar-refractivity contribution is 0.404. The Hall–Kier alpha value is -1.48. The Kier molecular flexibility index (Phi) is 3.59. The molecule has 0 atom stereocenters. The molecule has 0 saturated heterocycles. The Balaban J connectivity index is 2.65. The fraction of sp³-hybridized carbons (Fsp3) is 0.267.